The van der Waals surface area contributed by atoms with Gasteiger partial charge in [0, 0.05) is 29.6 Å². The number of hydrogen-bond donors (Lipinski definition) is 2. The number of carbonyl (C=O) groups is 2. The molecule has 28 heavy (non-hydrogen) atoms. The van der Waals surface area contributed by atoms with E-state index in [-0.39, 0.29) is 37.6 Å². The lowest BCUT2D eigenvalue weighted by Gasteiger charge is -2.47. The van der Waals surface area contributed by atoms with Gasteiger partial charge in [-0.25, -0.2) is 0 Å². The molecule has 5 rings (SSSR count). The third kappa shape index (κ3) is 2.45. The van der Waals surface area contributed by atoms with Crippen molar-refractivity contribution in [1.29, 1.82) is 0 Å². The zero-order chi connectivity index (χ0) is 19.3. The predicted octanol–water partition coefficient (Wildman–Crippen LogP) is 1.85. The van der Waals surface area contributed by atoms with Crippen LogP contribution in [0.3, 0.4) is 0 Å². The van der Waals surface area contributed by atoms with Crippen molar-refractivity contribution >= 4 is 22.7 Å². The summed E-state index contributed by atoms with van der Waals surface area (Å²) in [5.41, 5.74) is 4.08. The number of benzene rings is 2. The van der Waals surface area contributed by atoms with E-state index in [1.165, 1.54) is 4.90 Å². The van der Waals surface area contributed by atoms with Crippen LogP contribution in [0.5, 0.6) is 0 Å². The molecule has 2 aromatic carbocycles. The van der Waals surface area contributed by atoms with Gasteiger partial charge in [-0.15, -0.1) is 0 Å². The maximum absolute atomic E-state index is 13.2. The first-order valence-electron chi connectivity index (χ1n) is 9.54. The minimum Gasteiger partial charge on any atom is -0.395 e. The Hall–Kier alpha value is -3.12. The number of rotatable bonds is 3. The number of hydrogen-bond acceptors (Lipinski definition) is 3. The highest BCUT2D eigenvalue weighted by molar-refractivity contribution is 5.97. The van der Waals surface area contributed by atoms with Crippen LogP contribution in [0.4, 0.5) is 0 Å². The number of carbonyl (C=O) groups excluding carboxylic acids is 2. The molecule has 0 bridgehead atoms. The maximum Gasteiger partial charge on any atom is 0.246 e. The van der Waals surface area contributed by atoms with Crippen molar-refractivity contribution in [3.8, 4) is 0 Å². The SMILES string of the molecule is O=C1[C@@H]2Cc3c([nH]c4ccccc34)[C@H](c3ccccc3)N2C(=O)CN1CCO. The molecule has 0 aliphatic carbocycles. The monoisotopic (exact) mass is 375 g/mol. The van der Waals surface area contributed by atoms with E-state index in [9.17, 15) is 14.7 Å². The Morgan fingerprint density at radius 1 is 1.04 bits per heavy atom. The van der Waals surface area contributed by atoms with E-state index in [4.69, 9.17) is 0 Å². The van der Waals surface area contributed by atoms with Crippen LogP contribution in [-0.2, 0) is 16.0 Å². The number of para-hydroxylation sites is 1. The van der Waals surface area contributed by atoms with Gasteiger partial charge in [-0.3, -0.25) is 9.59 Å². The van der Waals surface area contributed by atoms with Crippen LogP contribution in [0, 0.1) is 0 Å². The fourth-order valence-electron chi connectivity index (χ4n) is 4.62. The molecule has 0 unspecified atom stereocenters. The Bertz CT molecular complexity index is 1060. The molecule has 142 valence electrons. The van der Waals surface area contributed by atoms with Gasteiger partial charge in [-0.05, 0) is 17.2 Å². The van der Waals surface area contributed by atoms with Gasteiger partial charge in [0.05, 0.1) is 19.2 Å². The van der Waals surface area contributed by atoms with Crippen LogP contribution in [0.1, 0.15) is 22.9 Å². The average Bonchev–Trinajstić information content (AvgIpc) is 3.09. The molecule has 3 heterocycles. The Balaban J connectivity index is 1.71. The lowest BCUT2D eigenvalue weighted by Crippen LogP contribution is -2.63. The standard InChI is InChI=1S/C22H21N3O3/c26-11-10-24-13-19(27)25-18(22(24)28)12-16-15-8-4-5-9-17(15)23-20(16)21(25)14-6-2-1-3-7-14/h1-9,18,21,23,26H,10-13H2/t18-,21-/m0/s1. The van der Waals surface area contributed by atoms with Crippen LogP contribution in [-0.4, -0.2) is 57.4 Å². The largest absolute Gasteiger partial charge is 0.395 e. The summed E-state index contributed by atoms with van der Waals surface area (Å²) in [6, 6.07) is 17.0. The van der Waals surface area contributed by atoms with Gasteiger partial charge >= 0.3 is 0 Å². The summed E-state index contributed by atoms with van der Waals surface area (Å²) in [5.74, 6) is -0.179. The summed E-state index contributed by atoms with van der Waals surface area (Å²) in [6.45, 7) is 0.0483. The fraction of sp³-hybridized carbons (Fsp3) is 0.273. The summed E-state index contributed by atoms with van der Waals surface area (Å²) >= 11 is 0. The van der Waals surface area contributed by atoms with Crippen molar-refractivity contribution in [3.05, 3.63) is 71.4 Å². The number of H-pyrrole nitrogens is 1. The molecule has 6 heteroatoms. The fourth-order valence-corrected chi connectivity index (χ4v) is 4.62. The normalized spacial score (nSPS) is 21.8. The van der Waals surface area contributed by atoms with E-state index in [0.29, 0.717) is 6.42 Å². The number of amides is 2. The van der Waals surface area contributed by atoms with Gasteiger partial charge in [-0.1, -0.05) is 48.5 Å². The van der Waals surface area contributed by atoms with Gasteiger partial charge in [0.25, 0.3) is 0 Å². The van der Waals surface area contributed by atoms with Crippen LogP contribution < -0.4 is 0 Å². The number of nitrogens with one attached hydrogen (secondary N) is 1. The zero-order valence-corrected chi connectivity index (χ0v) is 15.3. The minimum absolute atomic E-state index is 0.00872. The second-order valence-corrected chi connectivity index (χ2v) is 7.38. The Kier molecular flexibility index (Phi) is 3.94. The first-order valence-corrected chi connectivity index (χ1v) is 9.54. The summed E-state index contributed by atoms with van der Waals surface area (Å²) in [4.78, 5) is 33.0. The molecule has 1 saturated heterocycles. The van der Waals surface area contributed by atoms with Crippen LogP contribution in [0.2, 0.25) is 0 Å². The van der Waals surface area contributed by atoms with Crippen molar-refractivity contribution in [2.24, 2.45) is 0 Å². The molecule has 2 atom stereocenters. The molecule has 0 spiro atoms. The Morgan fingerprint density at radius 3 is 2.57 bits per heavy atom. The van der Waals surface area contributed by atoms with Crippen molar-refractivity contribution in [2.45, 2.75) is 18.5 Å². The molecule has 1 fully saturated rings. The number of aromatic nitrogens is 1. The first kappa shape index (κ1) is 17.0. The van der Waals surface area contributed by atoms with Gasteiger partial charge in [0.15, 0.2) is 0 Å². The maximum atomic E-state index is 13.2. The quantitative estimate of drug-likeness (QED) is 0.733. The van der Waals surface area contributed by atoms with Crippen molar-refractivity contribution in [3.63, 3.8) is 0 Å². The van der Waals surface area contributed by atoms with E-state index in [1.54, 1.807) is 4.90 Å². The van der Waals surface area contributed by atoms with E-state index >= 15 is 0 Å². The molecule has 1 aromatic heterocycles. The highest BCUT2D eigenvalue weighted by atomic mass is 16.3. The molecular formula is C22H21N3O3. The highest BCUT2D eigenvalue weighted by Crippen LogP contribution is 2.42. The number of aliphatic hydroxyl groups excluding tert-OH is 1. The van der Waals surface area contributed by atoms with Gasteiger partial charge < -0.3 is 19.9 Å². The van der Waals surface area contributed by atoms with Crippen molar-refractivity contribution in [1.82, 2.24) is 14.8 Å². The van der Waals surface area contributed by atoms with Gasteiger partial charge in [-0.2, -0.15) is 0 Å². The number of aromatic amines is 1. The van der Waals surface area contributed by atoms with E-state index in [1.807, 2.05) is 48.5 Å². The molecule has 2 amide bonds. The molecule has 2 aliphatic rings. The van der Waals surface area contributed by atoms with Crippen LogP contribution in [0.25, 0.3) is 10.9 Å². The number of fused-ring (bicyclic) bond motifs is 4. The van der Waals surface area contributed by atoms with E-state index in [2.05, 4.69) is 11.1 Å². The lowest BCUT2D eigenvalue weighted by molar-refractivity contribution is -0.159. The molecule has 0 radical (unpaired) electrons. The molecular weight excluding hydrogens is 354 g/mol. The Morgan fingerprint density at radius 2 is 1.79 bits per heavy atom. The molecule has 2 N–H and O–H groups in total. The predicted molar refractivity (Wildman–Crippen MR) is 105 cm³/mol. The zero-order valence-electron chi connectivity index (χ0n) is 15.3. The molecule has 2 aliphatic heterocycles. The topological polar surface area (TPSA) is 76.6 Å². The summed E-state index contributed by atoms with van der Waals surface area (Å²) in [7, 11) is 0. The number of β-amino-alcohol motifs (C(OH)–C–C–N with tert-alkyl or cyclic N) is 1. The van der Waals surface area contributed by atoms with E-state index in [0.717, 1.165) is 27.7 Å². The first-order chi connectivity index (χ1) is 13.7. The summed E-state index contributed by atoms with van der Waals surface area (Å²) in [6.07, 6.45) is 0.481. The van der Waals surface area contributed by atoms with Gasteiger partial charge in [0.1, 0.15) is 6.04 Å². The minimum atomic E-state index is -0.551. The molecule has 6 nitrogen and oxygen atoms in total. The molecule has 3 aromatic rings. The summed E-state index contributed by atoms with van der Waals surface area (Å²) < 4.78 is 0. The van der Waals surface area contributed by atoms with Gasteiger partial charge in [0.2, 0.25) is 11.8 Å². The highest BCUT2D eigenvalue weighted by Gasteiger charge is 2.47. The Labute approximate surface area is 162 Å². The van der Waals surface area contributed by atoms with Crippen molar-refractivity contribution in [2.75, 3.05) is 19.7 Å². The smallest absolute Gasteiger partial charge is 0.246 e. The average molecular weight is 375 g/mol. The second kappa shape index (κ2) is 6.49. The number of aliphatic hydroxyl groups is 1. The van der Waals surface area contributed by atoms with Crippen LogP contribution in [0.15, 0.2) is 54.6 Å². The lowest BCUT2D eigenvalue weighted by atomic mass is 9.86. The second-order valence-electron chi connectivity index (χ2n) is 7.38. The number of nitrogens with zero attached hydrogens (tertiary/aromatic N) is 2. The number of piperazine rings is 1. The third-order valence-corrected chi connectivity index (χ3v) is 5.83. The third-order valence-electron chi connectivity index (χ3n) is 5.83. The van der Waals surface area contributed by atoms with Crippen molar-refractivity contribution < 1.29 is 14.7 Å². The molecule has 0 saturated carbocycles. The van der Waals surface area contributed by atoms with Crippen LogP contribution >= 0.6 is 0 Å². The van der Waals surface area contributed by atoms with E-state index < -0.39 is 6.04 Å². The summed E-state index contributed by atoms with van der Waals surface area (Å²) in [5, 5.41) is 10.4.